The van der Waals surface area contributed by atoms with Crippen molar-refractivity contribution in [2.45, 2.75) is 6.04 Å². The fraction of sp³-hybridized carbons (Fsp3) is 0.0833. The largest absolute Gasteiger partial charge is 0.385 e. The Morgan fingerprint density at radius 1 is 1.11 bits per heavy atom. The number of nitrogens with two attached hydrogens (primary N) is 1. The summed E-state index contributed by atoms with van der Waals surface area (Å²) < 4.78 is 28.6. The van der Waals surface area contributed by atoms with Crippen molar-refractivity contribution in [1.29, 1.82) is 0 Å². The summed E-state index contributed by atoms with van der Waals surface area (Å²) in [4.78, 5) is 0. The quantitative estimate of drug-likeness (QED) is 0.805. The van der Waals surface area contributed by atoms with E-state index in [0.717, 1.165) is 16.3 Å². The van der Waals surface area contributed by atoms with Crippen LogP contribution in [0.15, 0.2) is 46.9 Å². The molecule has 0 fully saturated rings. The Hall–Kier alpha value is -1.92. The molecule has 0 bridgehead atoms. The average molecular weight is 261 g/mol. The van der Waals surface area contributed by atoms with Gasteiger partial charge < -0.3 is 5.73 Å². The lowest BCUT2D eigenvalue weighted by Gasteiger charge is -2.12. The molecule has 3 rings (SSSR count). The van der Waals surface area contributed by atoms with Crippen molar-refractivity contribution < 1.29 is 8.42 Å². The molecule has 5 nitrogen and oxygen atoms in total. The van der Waals surface area contributed by atoms with Crippen molar-refractivity contribution in [3.8, 4) is 0 Å². The molecule has 0 radical (unpaired) electrons. The second kappa shape index (κ2) is 3.79. The highest BCUT2D eigenvalue weighted by atomic mass is 32.2. The molecule has 0 aromatic heterocycles. The maximum atomic E-state index is 11.4. The standard InChI is InChI=1S/C12H11N3O2S/c13-12-11(14-18(16,17)15-12)10-7-3-5-8-4-1-2-6-9(8)10/h1-7,11,14H,(H2,13,15)/t11-/m0/s1. The van der Waals surface area contributed by atoms with Crippen molar-refractivity contribution in [3.05, 3.63) is 48.0 Å². The lowest BCUT2D eigenvalue weighted by atomic mass is 9.99. The molecule has 2 aromatic rings. The summed E-state index contributed by atoms with van der Waals surface area (Å²) in [6.45, 7) is 0. The molecule has 1 atom stereocenters. The Morgan fingerprint density at radius 2 is 1.83 bits per heavy atom. The second-order valence-electron chi connectivity index (χ2n) is 4.11. The van der Waals surface area contributed by atoms with E-state index in [9.17, 15) is 8.42 Å². The molecule has 18 heavy (non-hydrogen) atoms. The molecular weight excluding hydrogens is 250 g/mol. The van der Waals surface area contributed by atoms with Gasteiger partial charge in [-0.3, -0.25) is 0 Å². The predicted octanol–water partition coefficient (Wildman–Crippen LogP) is 1.09. The van der Waals surface area contributed by atoms with Gasteiger partial charge in [-0.05, 0) is 16.3 Å². The minimum Gasteiger partial charge on any atom is -0.385 e. The number of rotatable bonds is 1. The van der Waals surface area contributed by atoms with E-state index in [1.54, 1.807) is 0 Å². The van der Waals surface area contributed by atoms with E-state index in [1.807, 2.05) is 42.5 Å². The van der Waals surface area contributed by atoms with Crippen LogP contribution in [-0.4, -0.2) is 14.3 Å². The van der Waals surface area contributed by atoms with Crippen molar-refractivity contribution >= 4 is 26.8 Å². The van der Waals surface area contributed by atoms with Crippen LogP contribution in [0.1, 0.15) is 11.6 Å². The lowest BCUT2D eigenvalue weighted by Crippen LogP contribution is -2.28. The van der Waals surface area contributed by atoms with Crippen molar-refractivity contribution in [1.82, 2.24) is 4.72 Å². The van der Waals surface area contributed by atoms with Crippen LogP contribution in [-0.2, 0) is 10.2 Å². The van der Waals surface area contributed by atoms with Crippen LogP contribution in [0, 0.1) is 0 Å². The summed E-state index contributed by atoms with van der Waals surface area (Å²) in [7, 11) is -3.65. The van der Waals surface area contributed by atoms with Gasteiger partial charge in [0.2, 0.25) is 0 Å². The van der Waals surface area contributed by atoms with E-state index in [4.69, 9.17) is 5.73 Å². The first kappa shape index (κ1) is 11.2. The molecule has 92 valence electrons. The number of fused-ring (bicyclic) bond motifs is 1. The van der Waals surface area contributed by atoms with Gasteiger partial charge in [-0.25, -0.2) is 0 Å². The molecule has 0 aliphatic carbocycles. The Kier molecular flexibility index (Phi) is 2.36. The first-order valence-electron chi connectivity index (χ1n) is 5.42. The minimum atomic E-state index is -3.65. The number of hydrogen-bond donors (Lipinski definition) is 2. The maximum Gasteiger partial charge on any atom is 0.322 e. The zero-order chi connectivity index (χ0) is 12.8. The highest BCUT2D eigenvalue weighted by molar-refractivity contribution is 7.88. The summed E-state index contributed by atoms with van der Waals surface area (Å²) in [5, 5.41) is 2.00. The first-order valence-corrected chi connectivity index (χ1v) is 6.86. The van der Waals surface area contributed by atoms with Gasteiger partial charge in [-0.15, -0.1) is 4.40 Å². The SMILES string of the molecule is NC1=NS(=O)(=O)N[C@H]1c1cccc2ccccc12. The summed E-state index contributed by atoms with van der Waals surface area (Å²) in [6.07, 6.45) is 0. The van der Waals surface area contributed by atoms with E-state index >= 15 is 0 Å². The third kappa shape index (κ3) is 1.75. The minimum absolute atomic E-state index is 0.0753. The molecule has 1 aliphatic heterocycles. The second-order valence-corrected chi connectivity index (χ2v) is 5.48. The fourth-order valence-electron chi connectivity index (χ4n) is 2.15. The van der Waals surface area contributed by atoms with E-state index in [1.165, 1.54) is 0 Å². The van der Waals surface area contributed by atoms with Crippen LogP contribution < -0.4 is 10.5 Å². The van der Waals surface area contributed by atoms with Crippen molar-refractivity contribution in [2.75, 3.05) is 0 Å². The van der Waals surface area contributed by atoms with Gasteiger partial charge in [0.25, 0.3) is 0 Å². The number of hydrogen-bond acceptors (Lipinski definition) is 3. The van der Waals surface area contributed by atoms with Gasteiger partial charge in [-0.1, -0.05) is 42.5 Å². The van der Waals surface area contributed by atoms with E-state index < -0.39 is 16.3 Å². The van der Waals surface area contributed by atoms with Gasteiger partial charge in [0.1, 0.15) is 11.9 Å². The zero-order valence-corrected chi connectivity index (χ0v) is 10.2. The summed E-state index contributed by atoms with van der Waals surface area (Å²) in [5.41, 5.74) is 6.50. The third-order valence-electron chi connectivity index (χ3n) is 2.92. The summed E-state index contributed by atoms with van der Waals surface area (Å²) in [5.74, 6) is 0.0753. The topological polar surface area (TPSA) is 84.5 Å². The number of benzene rings is 2. The van der Waals surface area contributed by atoms with Gasteiger partial charge >= 0.3 is 10.2 Å². The zero-order valence-electron chi connectivity index (χ0n) is 9.37. The Morgan fingerprint density at radius 3 is 2.56 bits per heavy atom. The Balaban J connectivity index is 2.20. The fourth-order valence-corrected chi connectivity index (χ4v) is 3.13. The normalized spacial score (nSPS) is 22.0. The van der Waals surface area contributed by atoms with Crippen LogP contribution >= 0.6 is 0 Å². The predicted molar refractivity (Wildman–Crippen MR) is 70.4 cm³/mol. The molecule has 0 saturated heterocycles. The third-order valence-corrected chi connectivity index (χ3v) is 3.91. The Bertz CT molecular complexity index is 748. The van der Waals surface area contributed by atoms with Crippen molar-refractivity contribution in [2.24, 2.45) is 10.1 Å². The van der Waals surface area contributed by atoms with E-state index in [0.29, 0.717) is 0 Å². The molecule has 2 aromatic carbocycles. The monoisotopic (exact) mass is 261 g/mol. The maximum absolute atomic E-state index is 11.4. The summed E-state index contributed by atoms with van der Waals surface area (Å²) in [6, 6.07) is 12.8. The van der Waals surface area contributed by atoms with Crippen molar-refractivity contribution in [3.63, 3.8) is 0 Å². The van der Waals surface area contributed by atoms with Gasteiger partial charge in [0.05, 0.1) is 0 Å². The lowest BCUT2D eigenvalue weighted by molar-refractivity contribution is 0.585. The smallest absolute Gasteiger partial charge is 0.322 e. The van der Waals surface area contributed by atoms with Gasteiger partial charge in [-0.2, -0.15) is 13.1 Å². The molecule has 0 unspecified atom stereocenters. The average Bonchev–Trinajstić information content (AvgIpc) is 2.62. The highest BCUT2D eigenvalue weighted by Gasteiger charge is 2.30. The summed E-state index contributed by atoms with van der Waals surface area (Å²) >= 11 is 0. The number of amidine groups is 1. The molecule has 6 heteroatoms. The molecule has 0 saturated carbocycles. The molecule has 1 aliphatic rings. The van der Waals surface area contributed by atoms with E-state index in [-0.39, 0.29) is 5.84 Å². The molecule has 1 heterocycles. The highest BCUT2D eigenvalue weighted by Crippen LogP contribution is 2.27. The van der Waals surface area contributed by atoms with Crippen LogP contribution in [0.4, 0.5) is 0 Å². The molecule has 3 N–H and O–H groups in total. The van der Waals surface area contributed by atoms with E-state index in [2.05, 4.69) is 9.12 Å². The van der Waals surface area contributed by atoms with Crippen LogP contribution in [0.2, 0.25) is 0 Å². The molecule has 0 amide bonds. The first-order chi connectivity index (χ1) is 8.57. The molecule has 0 spiro atoms. The van der Waals surface area contributed by atoms with Crippen LogP contribution in [0.5, 0.6) is 0 Å². The van der Waals surface area contributed by atoms with Crippen LogP contribution in [0.3, 0.4) is 0 Å². The number of nitrogens with one attached hydrogen (secondary N) is 1. The molecular formula is C12H11N3O2S. The number of nitrogens with zero attached hydrogens (tertiary/aromatic N) is 1. The van der Waals surface area contributed by atoms with Gasteiger partial charge in [0, 0.05) is 0 Å². The van der Waals surface area contributed by atoms with Gasteiger partial charge in [0.15, 0.2) is 0 Å². The van der Waals surface area contributed by atoms with Crippen LogP contribution in [0.25, 0.3) is 10.8 Å². The Labute approximate surface area is 105 Å².